The van der Waals surface area contributed by atoms with Crippen LogP contribution in [0, 0.1) is 5.82 Å². The molecule has 0 saturated carbocycles. The van der Waals surface area contributed by atoms with Crippen molar-refractivity contribution >= 4 is 35.3 Å². The molecule has 1 aromatic rings. The molecule has 1 aliphatic heterocycles. The normalized spacial score (nSPS) is 20.0. The number of nitrogen functional groups attached to an aromatic ring is 1. The Morgan fingerprint density at radius 3 is 3.12 bits per heavy atom. The molecular weight excluding hydrogens is 261 g/mol. The molecule has 2 heterocycles. The van der Waals surface area contributed by atoms with Crippen LogP contribution in [0.2, 0.25) is 0 Å². The fourth-order valence-electron chi connectivity index (χ4n) is 1.43. The van der Waals surface area contributed by atoms with E-state index in [1.165, 1.54) is 5.75 Å². The van der Waals surface area contributed by atoms with Gasteiger partial charge in [-0.3, -0.25) is 5.43 Å². The summed E-state index contributed by atoms with van der Waals surface area (Å²) in [6, 6.07) is 0. The summed E-state index contributed by atoms with van der Waals surface area (Å²) in [6.07, 6.45) is 1.10. The molecule has 0 radical (unpaired) electrons. The number of halogens is 1. The van der Waals surface area contributed by atoms with Crippen molar-refractivity contribution in [2.45, 2.75) is 5.25 Å². The summed E-state index contributed by atoms with van der Waals surface area (Å²) in [5, 5.41) is 3.50. The number of nitrogens with one attached hydrogen (secondary N) is 2. The fraction of sp³-hybridized carbons (Fsp3) is 0.556. The van der Waals surface area contributed by atoms with Crippen LogP contribution in [0.25, 0.3) is 0 Å². The van der Waals surface area contributed by atoms with Crippen LogP contribution in [0.4, 0.5) is 16.2 Å². The van der Waals surface area contributed by atoms with Crippen LogP contribution in [0.5, 0.6) is 0 Å². The lowest BCUT2D eigenvalue weighted by Gasteiger charge is -2.21. The molecule has 94 valence electrons. The maximum atomic E-state index is 13.4. The average Bonchev–Trinajstić information content (AvgIpc) is 2.39. The predicted molar refractivity (Wildman–Crippen MR) is 71.9 cm³/mol. The van der Waals surface area contributed by atoms with Crippen LogP contribution in [-0.4, -0.2) is 39.0 Å². The molecule has 0 spiro atoms. The van der Waals surface area contributed by atoms with Gasteiger partial charge in [0.05, 0.1) is 6.20 Å². The number of anilines is 2. The third kappa shape index (κ3) is 3.62. The molecule has 1 aromatic heterocycles. The Hall–Kier alpha value is -0.730. The van der Waals surface area contributed by atoms with E-state index in [9.17, 15) is 4.39 Å². The van der Waals surface area contributed by atoms with Crippen molar-refractivity contribution in [3.05, 3.63) is 12.0 Å². The van der Waals surface area contributed by atoms with Gasteiger partial charge < -0.3 is 5.32 Å². The summed E-state index contributed by atoms with van der Waals surface area (Å²) in [5.41, 5.74) is 2.29. The largest absolute Gasteiger partial charge is 0.366 e. The van der Waals surface area contributed by atoms with Gasteiger partial charge in [0, 0.05) is 29.1 Å². The van der Waals surface area contributed by atoms with E-state index < -0.39 is 5.82 Å². The molecule has 0 amide bonds. The molecule has 8 heteroatoms. The first-order valence-electron chi connectivity index (χ1n) is 5.22. The van der Waals surface area contributed by atoms with E-state index in [0.29, 0.717) is 11.8 Å². The minimum absolute atomic E-state index is 0.198. The molecule has 17 heavy (non-hydrogen) atoms. The lowest BCUT2D eigenvalue weighted by atomic mass is 10.4. The van der Waals surface area contributed by atoms with E-state index in [4.69, 9.17) is 5.84 Å². The molecule has 1 fully saturated rings. The topological polar surface area (TPSA) is 75.9 Å². The highest BCUT2D eigenvalue weighted by Crippen LogP contribution is 2.24. The van der Waals surface area contributed by atoms with E-state index >= 15 is 0 Å². The van der Waals surface area contributed by atoms with Gasteiger partial charge in [-0.05, 0) is 0 Å². The van der Waals surface area contributed by atoms with Crippen molar-refractivity contribution in [3.63, 3.8) is 0 Å². The zero-order chi connectivity index (χ0) is 12.1. The van der Waals surface area contributed by atoms with E-state index in [0.717, 1.165) is 17.7 Å². The molecule has 1 saturated heterocycles. The molecule has 0 aliphatic carbocycles. The highest BCUT2D eigenvalue weighted by molar-refractivity contribution is 8.06. The second-order valence-electron chi connectivity index (χ2n) is 3.48. The summed E-state index contributed by atoms with van der Waals surface area (Å²) in [4.78, 5) is 7.61. The molecule has 2 rings (SSSR count). The number of hydrogen-bond acceptors (Lipinski definition) is 7. The quantitative estimate of drug-likeness (QED) is 0.562. The van der Waals surface area contributed by atoms with E-state index in [1.54, 1.807) is 0 Å². The van der Waals surface area contributed by atoms with Crippen molar-refractivity contribution in [1.29, 1.82) is 0 Å². The van der Waals surface area contributed by atoms with Gasteiger partial charge in [-0.15, -0.1) is 0 Å². The van der Waals surface area contributed by atoms with Gasteiger partial charge in [0.15, 0.2) is 11.6 Å². The Balaban J connectivity index is 1.92. The van der Waals surface area contributed by atoms with Gasteiger partial charge in [0.1, 0.15) is 0 Å². The number of rotatable bonds is 4. The molecular formula is C9H14FN5S2. The SMILES string of the molecule is NNc1ncc(F)c(NCC2CSCCS2)n1. The third-order valence-corrected chi connectivity index (χ3v) is 5.10. The first kappa shape index (κ1) is 12.7. The Bertz CT molecular complexity index is 372. The standard InChI is InChI=1S/C9H14FN5S2/c10-7-4-13-9(15-11)14-8(7)12-3-6-5-16-1-2-17-6/h4,6H,1-3,5,11H2,(H2,12,13,14,15). The zero-order valence-electron chi connectivity index (χ0n) is 9.15. The van der Waals surface area contributed by atoms with Crippen LogP contribution in [0.15, 0.2) is 6.20 Å². The second kappa shape index (κ2) is 6.27. The lowest BCUT2D eigenvalue weighted by molar-refractivity contribution is 0.617. The summed E-state index contributed by atoms with van der Waals surface area (Å²) in [7, 11) is 0. The highest BCUT2D eigenvalue weighted by Gasteiger charge is 2.15. The van der Waals surface area contributed by atoms with Gasteiger partial charge in [-0.1, -0.05) is 0 Å². The van der Waals surface area contributed by atoms with Gasteiger partial charge >= 0.3 is 0 Å². The number of hydrogen-bond donors (Lipinski definition) is 3. The Morgan fingerprint density at radius 2 is 2.41 bits per heavy atom. The van der Waals surface area contributed by atoms with Gasteiger partial charge in [-0.2, -0.15) is 28.5 Å². The summed E-state index contributed by atoms with van der Waals surface area (Å²) < 4.78 is 13.4. The fourth-order valence-corrected chi connectivity index (χ4v) is 4.04. The molecule has 1 unspecified atom stereocenters. The van der Waals surface area contributed by atoms with Crippen molar-refractivity contribution in [2.75, 3.05) is 34.5 Å². The number of nitrogens with zero attached hydrogens (tertiary/aromatic N) is 2. The minimum Gasteiger partial charge on any atom is -0.366 e. The van der Waals surface area contributed by atoms with Crippen LogP contribution in [-0.2, 0) is 0 Å². The number of hydrazine groups is 1. The Morgan fingerprint density at radius 1 is 1.53 bits per heavy atom. The lowest BCUT2D eigenvalue weighted by Crippen LogP contribution is -2.24. The minimum atomic E-state index is -0.461. The van der Waals surface area contributed by atoms with Crippen LogP contribution >= 0.6 is 23.5 Å². The Kier molecular flexibility index (Phi) is 4.69. The summed E-state index contributed by atoms with van der Waals surface area (Å²) in [6.45, 7) is 0.704. The second-order valence-corrected chi connectivity index (χ2v) is 6.04. The van der Waals surface area contributed by atoms with E-state index in [2.05, 4.69) is 20.7 Å². The smallest absolute Gasteiger partial charge is 0.239 e. The first-order chi connectivity index (χ1) is 8.29. The van der Waals surface area contributed by atoms with Crippen LogP contribution in [0.3, 0.4) is 0 Å². The number of nitrogens with two attached hydrogens (primary N) is 1. The van der Waals surface area contributed by atoms with Crippen LogP contribution in [0.1, 0.15) is 0 Å². The number of aromatic nitrogens is 2. The number of thioether (sulfide) groups is 2. The maximum Gasteiger partial charge on any atom is 0.239 e. The third-order valence-electron chi connectivity index (χ3n) is 2.26. The van der Waals surface area contributed by atoms with Gasteiger partial charge in [0.2, 0.25) is 5.95 Å². The predicted octanol–water partition coefficient (Wildman–Crippen LogP) is 1.16. The summed E-state index contributed by atoms with van der Waals surface area (Å²) in [5.74, 6) is 8.56. The molecule has 0 aromatic carbocycles. The molecule has 5 nitrogen and oxygen atoms in total. The molecule has 1 atom stereocenters. The molecule has 4 N–H and O–H groups in total. The van der Waals surface area contributed by atoms with Crippen molar-refractivity contribution in [1.82, 2.24) is 9.97 Å². The Labute approximate surface area is 108 Å². The molecule has 1 aliphatic rings. The van der Waals surface area contributed by atoms with Crippen molar-refractivity contribution in [2.24, 2.45) is 5.84 Å². The average molecular weight is 275 g/mol. The van der Waals surface area contributed by atoms with E-state index in [-0.39, 0.29) is 11.8 Å². The van der Waals surface area contributed by atoms with Gasteiger partial charge in [-0.25, -0.2) is 15.2 Å². The first-order valence-corrected chi connectivity index (χ1v) is 7.42. The van der Waals surface area contributed by atoms with E-state index in [1.807, 2.05) is 23.5 Å². The maximum absolute atomic E-state index is 13.4. The van der Waals surface area contributed by atoms with Gasteiger partial charge in [0.25, 0.3) is 0 Å². The van der Waals surface area contributed by atoms with Crippen LogP contribution < -0.4 is 16.6 Å². The zero-order valence-corrected chi connectivity index (χ0v) is 10.8. The molecule has 0 bridgehead atoms. The van der Waals surface area contributed by atoms with Crippen molar-refractivity contribution in [3.8, 4) is 0 Å². The monoisotopic (exact) mass is 275 g/mol. The highest BCUT2D eigenvalue weighted by atomic mass is 32.2. The van der Waals surface area contributed by atoms with Crippen molar-refractivity contribution < 1.29 is 4.39 Å². The summed E-state index contributed by atoms with van der Waals surface area (Å²) >= 11 is 3.84.